The number of ether oxygens (including phenoxy) is 1. The van der Waals surface area contributed by atoms with Crippen LogP contribution in [0.15, 0.2) is 87.6 Å². The summed E-state index contributed by atoms with van der Waals surface area (Å²) < 4.78 is 6.63. The number of halogens is 2. The maximum Gasteiger partial charge on any atom is 0.250 e. The zero-order valence-corrected chi connectivity index (χ0v) is 20.9. The lowest BCUT2D eigenvalue weighted by molar-refractivity contribution is -0.118. The van der Waals surface area contributed by atoms with Crippen molar-refractivity contribution in [1.82, 2.24) is 10.4 Å². The lowest BCUT2D eigenvalue weighted by Crippen LogP contribution is -2.19. The van der Waals surface area contributed by atoms with E-state index >= 15 is 0 Å². The molecule has 0 bridgehead atoms. The Morgan fingerprint density at radius 1 is 1.06 bits per heavy atom. The van der Waals surface area contributed by atoms with Crippen molar-refractivity contribution in [2.45, 2.75) is 10.9 Å². The molecule has 0 unspecified atom stereocenters. The summed E-state index contributed by atoms with van der Waals surface area (Å²) >= 11 is 14.7. The normalized spacial score (nSPS) is 11.0. The third-order valence-corrected chi connectivity index (χ3v) is 7.05. The highest BCUT2D eigenvalue weighted by atomic mass is 35.5. The van der Waals surface area contributed by atoms with E-state index in [1.807, 2.05) is 78.2 Å². The van der Waals surface area contributed by atoms with Crippen LogP contribution in [0.1, 0.15) is 11.1 Å². The molecule has 0 saturated carbocycles. The summed E-state index contributed by atoms with van der Waals surface area (Å²) in [5.41, 5.74) is 6.23. The van der Waals surface area contributed by atoms with Gasteiger partial charge < -0.3 is 4.74 Å². The molecule has 0 radical (unpaired) electrons. The van der Waals surface area contributed by atoms with Crippen LogP contribution in [0.2, 0.25) is 10.0 Å². The summed E-state index contributed by atoms with van der Waals surface area (Å²) in [6.45, 7) is 0.433. The minimum Gasteiger partial charge on any atom is -0.489 e. The molecule has 34 heavy (non-hydrogen) atoms. The Kier molecular flexibility index (Phi) is 8.60. The molecular weight excluding hydrogens is 509 g/mol. The van der Waals surface area contributed by atoms with Gasteiger partial charge in [0.25, 0.3) is 5.91 Å². The van der Waals surface area contributed by atoms with Gasteiger partial charge in [-0.05, 0) is 47.5 Å². The van der Waals surface area contributed by atoms with Crippen molar-refractivity contribution in [3.8, 4) is 17.0 Å². The summed E-state index contributed by atoms with van der Waals surface area (Å²) in [6, 6.07) is 22.5. The van der Waals surface area contributed by atoms with Crippen LogP contribution in [0.25, 0.3) is 11.3 Å². The lowest BCUT2D eigenvalue weighted by Gasteiger charge is -2.07. The van der Waals surface area contributed by atoms with Crippen molar-refractivity contribution in [2.75, 3.05) is 5.75 Å². The molecule has 0 fully saturated rings. The number of thiazole rings is 1. The van der Waals surface area contributed by atoms with Crippen molar-refractivity contribution in [3.05, 3.63) is 99.3 Å². The van der Waals surface area contributed by atoms with Gasteiger partial charge in [0.05, 0.1) is 17.7 Å². The summed E-state index contributed by atoms with van der Waals surface area (Å²) in [5.74, 6) is 0.718. The number of amides is 1. The number of nitrogens with zero attached hydrogens (tertiary/aromatic N) is 2. The zero-order valence-electron chi connectivity index (χ0n) is 17.8. The smallest absolute Gasteiger partial charge is 0.250 e. The van der Waals surface area contributed by atoms with E-state index in [2.05, 4.69) is 15.5 Å². The Bertz CT molecular complexity index is 1280. The highest BCUT2D eigenvalue weighted by Crippen LogP contribution is 2.28. The number of benzene rings is 3. The number of hydrogen-bond donors (Lipinski definition) is 1. The Labute approximate surface area is 215 Å². The fourth-order valence-corrected chi connectivity index (χ4v) is 4.73. The largest absolute Gasteiger partial charge is 0.489 e. The lowest BCUT2D eigenvalue weighted by atomic mass is 10.2. The van der Waals surface area contributed by atoms with E-state index in [9.17, 15) is 4.79 Å². The van der Waals surface area contributed by atoms with Crippen LogP contribution in [0.4, 0.5) is 0 Å². The molecule has 1 N–H and O–H groups in total. The molecule has 1 amide bonds. The first-order chi connectivity index (χ1) is 16.5. The number of carbonyl (C=O) groups excluding carboxylic acids is 1. The van der Waals surface area contributed by atoms with Crippen molar-refractivity contribution in [2.24, 2.45) is 5.10 Å². The molecule has 1 heterocycles. The third kappa shape index (κ3) is 7.33. The van der Waals surface area contributed by atoms with Crippen LogP contribution in [0.5, 0.6) is 5.75 Å². The predicted molar refractivity (Wildman–Crippen MR) is 141 cm³/mol. The second kappa shape index (κ2) is 12.0. The summed E-state index contributed by atoms with van der Waals surface area (Å²) in [4.78, 5) is 16.7. The number of carbonyl (C=O) groups is 1. The van der Waals surface area contributed by atoms with Crippen molar-refractivity contribution in [3.63, 3.8) is 0 Å². The standard InChI is InChI=1S/C25H19Cl2N3O2S2/c26-20-8-4-17(5-9-20)14-32-22-3-1-2-18(12-22)13-28-30-24(31)16-34-25-29-23(15-33-25)19-6-10-21(27)11-7-19/h1-13,15H,14,16H2,(H,30,31)/b28-13+. The zero-order chi connectivity index (χ0) is 23.8. The molecule has 4 rings (SSSR count). The fraction of sp³-hybridized carbons (Fsp3) is 0.0800. The minimum atomic E-state index is -0.209. The van der Waals surface area contributed by atoms with Gasteiger partial charge in [0.2, 0.25) is 0 Å². The van der Waals surface area contributed by atoms with Gasteiger partial charge in [-0.3, -0.25) is 4.79 Å². The van der Waals surface area contributed by atoms with Gasteiger partial charge >= 0.3 is 0 Å². The van der Waals surface area contributed by atoms with E-state index in [4.69, 9.17) is 27.9 Å². The topological polar surface area (TPSA) is 63.6 Å². The maximum atomic E-state index is 12.2. The number of thioether (sulfide) groups is 1. The van der Waals surface area contributed by atoms with Gasteiger partial charge in [-0.1, -0.05) is 71.4 Å². The van der Waals surface area contributed by atoms with Crippen molar-refractivity contribution < 1.29 is 9.53 Å². The van der Waals surface area contributed by atoms with E-state index in [0.29, 0.717) is 22.4 Å². The molecule has 4 aromatic rings. The molecule has 0 atom stereocenters. The molecule has 0 saturated heterocycles. The van der Waals surface area contributed by atoms with Crippen molar-refractivity contribution in [1.29, 1.82) is 0 Å². The first-order valence-electron chi connectivity index (χ1n) is 10.2. The molecule has 9 heteroatoms. The minimum absolute atomic E-state index is 0.209. The van der Waals surface area contributed by atoms with Crippen LogP contribution in [0, 0.1) is 0 Å². The Hall–Kier alpha value is -2.84. The van der Waals surface area contributed by atoms with Gasteiger partial charge in [-0.15, -0.1) is 11.3 Å². The maximum absolute atomic E-state index is 12.2. The van der Waals surface area contributed by atoms with Crippen molar-refractivity contribution >= 4 is 58.4 Å². The average Bonchev–Trinajstić information content (AvgIpc) is 3.32. The summed E-state index contributed by atoms with van der Waals surface area (Å²) in [6.07, 6.45) is 1.58. The average molecular weight is 528 g/mol. The van der Waals surface area contributed by atoms with E-state index in [1.165, 1.54) is 23.1 Å². The van der Waals surface area contributed by atoms with E-state index in [0.717, 1.165) is 26.7 Å². The summed E-state index contributed by atoms with van der Waals surface area (Å²) in [5, 5.41) is 7.38. The number of rotatable bonds is 9. The highest BCUT2D eigenvalue weighted by Gasteiger charge is 2.08. The number of nitrogens with one attached hydrogen (secondary N) is 1. The number of hydrazone groups is 1. The predicted octanol–water partition coefficient (Wildman–Crippen LogP) is 6.94. The SMILES string of the molecule is O=C(CSc1nc(-c2ccc(Cl)cc2)cs1)N/N=C/c1cccc(OCc2ccc(Cl)cc2)c1. The van der Waals surface area contributed by atoms with E-state index < -0.39 is 0 Å². The second-order valence-corrected chi connectivity index (χ2v) is 10.0. The molecule has 0 aliphatic carbocycles. The Balaban J connectivity index is 1.23. The molecule has 0 spiro atoms. The third-order valence-electron chi connectivity index (χ3n) is 4.53. The quantitative estimate of drug-likeness (QED) is 0.145. The molecule has 0 aliphatic heterocycles. The van der Waals surface area contributed by atoms with Gasteiger partial charge in [-0.25, -0.2) is 10.4 Å². The first kappa shape index (κ1) is 24.3. The van der Waals surface area contributed by atoms with Gasteiger partial charge in [-0.2, -0.15) is 5.10 Å². The molecule has 172 valence electrons. The Morgan fingerprint density at radius 2 is 1.79 bits per heavy atom. The molecular formula is C25H19Cl2N3O2S2. The van der Waals surface area contributed by atoms with E-state index in [-0.39, 0.29) is 11.7 Å². The van der Waals surface area contributed by atoms with Crippen LogP contribution in [0.3, 0.4) is 0 Å². The highest BCUT2D eigenvalue weighted by molar-refractivity contribution is 8.01. The number of aromatic nitrogens is 1. The van der Waals surface area contributed by atoms with Gasteiger partial charge in [0, 0.05) is 21.0 Å². The fourth-order valence-electron chi connectivity index (χ4n) is 2.85. The molecule has 0 aliphatic rings. The molecule has 1 aromatic heterocycles. The Morgan fingerprint density at radius 3 is 2.56 bits per heavy atom. The van der Waals surface area contributed by atoms with Crippen LogP contribution in [-0.4, -0.2) is 22.9 Å². The monoisotopic (exact) mass is 527 g/mol. The first-order valence-corrected chi connectivity index (χ1v) is 12.8. The van der Waals surface area contributed by atoms with Crippen LogP contribution in [-0.2, 0) is 11.4 Å². The van der Waals surface area contributed by atoms with Gasteiger partial charge in [0.15, 0.2) is 4.34 Å². The van der Waals surface area contributed by atoms with Gasteiger partial charge in [0.1, 0.15) is 12.4 Å². The second-order valence-electron chi connectivity index (χ2n) is 7.08. The number of hydrogen-bond acceptors (Lipinski definition) is 6. The van der Waals surface area contributed by atoms with Crippen LogP contribution < -0.4 is 10.2 Å². The van der Waals surface area contributed by atoms with E-state index in [1.54, 1.807) is 6.21 Å². The summed E-state index contributed by atoms with van der Waals surface area (Å²) in [7, 11) is 0. The molecule has 3 aromatic carbocycles. The van der Waals surface area contributed by atoms with Crippen LogP contribution >= 0.6 is 46.3 Å². The molecule has 5 nitrogen and oxygen atoms in total.